The van der Waals surface area contributed by atoms with Gasteiger partial charge in [0, 0.05) is 28.4 Å². The Labute approximate surface area is 162 Å². The molecule has 1 amide bonds. The third kappa shape index (κ3) is 5.08. The van der Waals surface area contributed by atoms with E-state index >= 15 is 0 Å². The lowest BCUT2D eigenvalue weighted by molar-refractivity contribution is -0.384. The number of amides is 1. The van der Waals surface area contributed by atoms with Gasteiger partial charge in [-0.15, -0.1) is 0 Å². The minimum Gasteiger partial charge on any atom is -0.268 e. The molecule has 0 saturated heterocycles. The molecule has 8 nitrogen and oxygen atoms in total. The van der Waals surface area contributed by atoms with E-state index in [9.17, 15) is 14.9 Å². The molecule has 0 radical (unpaired) electrons. The fraction of sp³-hybridized carbons (Fsp3) is 0.0556. The Bertz CT molecular complexity index is 998. The summed E-state index contributed by atoms with van der Waals surface area (Å²) in [6.07, 6.45) is 3.05. The quantitative estimate of drug-likeness (QED) is 0.370. The van der Waals surface area contributed by atoms with Crippen LogP contribution < -0.4 is 5.43 Å². The van der Waals surface area contributed by atoms with Crippen molar-refractivity contribution in [1.82, 2.24) is 15.2 Å². The van der Waals surface area contributed by atoms with E-state index < -0.39 is 10.8 Å². The highest BCUT2D eigenvalue weighted by molar-refractivity contribution is 9.10. The van der Waals surface area contributed by atoms with Crippen LogP contribution in [0.4, 0.5) is 5.69 Å². The molecule has 2 aromatic carbocycles. The monoisotopic (exact) mass is 427 g/mol. The van der Waals surface area contributed by atoms with E-state index in [1.807, 2.05) is 24.3 Å². The molecule has 0 fully saturated rings. The second-order valence-electron chi connectivity index (χ2n) is 5.58. The van der Waals surface area contributed by atoms with E-state index in [-0.39, 0.29) is 11.4 Å². The smallest absolute Gasteiger partial charge is 0.268 e. The Morgan fingerprint density at radius 3 is 2.78 bits per heavy atom. The van der Waals surface area contributed by atoms with Crippen LogP contribution in [0.25, 0.3) is 0 Å². The van der Waals surface area contributed by atoms with Crippen LogP contribution in [0.2, 0.25) is 0 Å². The Morgan fingerprint density at radius 2 is 2.04 bits per heavy atom. The number of nitro benzene ring substituents is 1. The van der Waals surface area contributed by atoms with E-state index in [0.29, 0.717) is 12.1 Å². The van der Waals surface area contributed by atoms with E-state index in [0.717, 1.165) is 10.0 Å². The van der Waals surface area contributed by atoms with Crippen molar-refractivity contribution in [2.45, 2.75) is 6.54 Å². The fourth-order valence-electron chi connectivity index (χ4n) is 2.29. The molecule has 136 valence electrons. The van der Waals surface area contributed by atoms with Crippen molar-refractivity contribution in [3.63, 3.8) is 0 Å². The first-order valence-electron chi connectivity index (χ1n) is 7.87. The van der Waals surface area contributed by atoms with Gasteiger partial charge in [0.05, 0.1) is 17.7 Å². The summed E-state index contributed by atoms with van der Waals surface area (Å²) >= 11 is 3.38. The van der Waals surface area contributed by atoms with Gasteiger partial charge in [0.15, 0.2) is 5.69 Å². The molecule has 0 bridgehead atoms. The van der Waals surface area contributed by atoms with E-state index in [1.54, 1.807) is 29.1 Å². The van der Waals surface area contributed by atoms with Gasteiger partial charge in [-0.1, -0.05) is 40.2 Å². The van der Waals surface area contributed by atoms with Crippen molar-refractivity contribution in [1.29, 1.82) is 0 Å². The lowest BCUT2D eigenvalue weighted by atomic mass is 10.2. The van der Waals surface area contributed by atoms with Gasteiger partial charge in [0.25, 0.3) is 11.6 Å². The second kappa shape index (κ2) is 8.37. The van der Waals surface area contributed by atoms with Crippen molar-refractivity contribution >= 4 is 33.7 Å². The van der Waals surface area contributed by atoms with E-state index in [2.05, 4.69) is 31.6 Å². The van der Waals surface area contributed by atoms with Gasteiger partial charge in [-0.2, -0.15) is 10.2 Å². The third-order valence-corrected chi connectivity index (χ3v) is 4.12. The molecular weight excluding hydrogens is 414 g/mol. The normalized spacial score (nSPS) is 10.9. The zero-order valence-electron chi connectivity index (χ0n) is 13.9. The zero-order valence-corrected chi connectivity index (χ0v) is 15.5. The number of benzene rings is 2. The maximum atomic E-state index is 12.1. The summed E-state index contributed by atoms with van der Waals surface area (Å²) in [5.41, 5.74) is 4.10. The minimum absolute atomic E-state index is 0.0445. The summed E-state index contributed by atoms with van der Waals surface area (Å²) in [6, 6.07) is 15.3. The highest BCUT2D eigenvalue weighted by Crippen LogP contribution is 2.12. The molecule has 0 aliphatic carbocycles. The molecule has 0 unspecified atom stereocenters. The molecule has 1 aromatic heterocycles. The average Bonchev–Trinajstić information content (AvgIpc) is 3.12. The van der Waals surface area contributed by atoms with Crippen LogP contribution >= 0.6 is 15.9 Å². The van der Waals surface area contributed by atoms with Crippen LogP contribution in [-0.4, -0.2) is 26.8 Å². The molecule has 3 aromatic rings. The topological polar surface area (TPSA) is 102 Å². The molecule has 3 rings (SSSR count). The van der Waals surface area contributed by atoms with Gasteiger partial charge in [-0.25, -0.2) is 5.43 Å². The summed E-state index contributed by atoms with van der Waals surface area (Å²) in [5.74, 6) is -0.466. The van der Waals surface area contributed by atoms with E-state index in [4.69, 9.17) is 0 Å². The lowest BCUT2D eigenvalue weighted by Crippen LogP contribution is -2.18. The van der Waals surface area contributed by atoms with Crippen molar-refractivity contribution in [3.05, 3.63) is 92.2 Å². The first-order chi connectivity index (χ1) is 13.0. The number of nitro groups is 1. The first-order valence-corrected chi connectivity index (χ1v) is 8.66. The number of rotatable bonds is 6. The highest BCUT2D eigenvalue weighted by Gasteiger charge is 2.09. The predicted molar refractivity (Wildman–Crippen MR) is 104 cm³/mol. The number of carbonyl (C=O) groups excluding carboxylic acids is 1. The molecule has 0 saturated carbocycles. The van der Waals surface area contributed by atoms with Gasteiger partial charge >= 0.3 is 0 Å². The number of aromatic nitrogens is 2. The summed E-state index contributed by atoms with van der Waals surface area (Å²) in [6.45, 7) is 0.539. The van der Waals surface area contributed by atoms with Crippen LogP contribution in [0, 0.1) is 10.1 Å². The van der Waals surface area contributed by atoms with Crippen LogP contribution in [0.5, 0.6) is 0 Å². The SMILES string of the molecule is O=C(N/N=C/c1cccc([N+](=O)[O-])c1)c1ccn(Cc2ccc(Br)cc2)n1. The molecule has 0 spiro atoms. The number of hydrazone groups is 1. The maximum Gasteiger partial charge on any atom is 0.291 e. The molecule has 0 aliphatic rings. The van der Waals surface area contributed by atoms with Crippen molar-refractivity contribution in [2.75, 3.05) is 0 Å². The predicted octanol–water partition coefficient (Wildman–Crippen LogP) is 3.37. The van der Waals surface area contributed by atoms with Gasteiger partial charge in [-0.3, -0.25) is 19.6 Å². The van der Waals surface area contributed by atoms with Gasteiger partial charge < -0.3 is 0 Å². The Morgan fingerprint density at radius 1 is 1.26 bits per heavy atom. The van der Waals surface area contributed by atoms with Crippen molar-refractivity contribution in [3.8, 4) is 0 Å². The van der Waals surface area contributed by atoms with Crippen LogP contribution in [0.1, 0.15) is 21.6 Å². The number of nitrogens with zero attached hydrogens (tertiary/aromatic N) is 4. The molecule has 0 aliphatic heterocycles. The Kier molecular flexibility index (Phi) is 5.72. The summed E-state index contributed by atoms with van der Waals surface area (Å²) in [5, 5.41) is 18.8. The standard InChI is InChI=1S/C18H14BrN5O3/c19-15-6-4-13(5-7-15)12-23-9-8-17(22-23)18(25)21-20-11-14-2-1-3-16(10-14)24(26)27/h1-11H,12H2,(H,21,25)/b20-11+. The molecule has 9 heteroatoms. The van der Waals surface area contributed by atoms with Crippen molar-refractivity contribution < 1.29 is 9.72 Å². The van der Waals surface area contributed by atoms with Crippen LogP contribution in [-0.2, 0) is 6.54 Å². The fourth-order valence-corrected chi connectivity index (χ4v) is 2.55. The van der Waals surface area contributed by atoms with Crippen molar-refractivity contribution in [2.24, 2.45) is 5.10 Å². The average molecular weight is 428 g/mol. The number of hydrogen-bond donors (Lipinski definition) is 1. The number of halogens is 1. The first kappa shape index (κ1) is 18.5. The van der Waals surface area contributed by atoms with Gasteiger partial charge in [-0.05, 0) is 23.8 Å². The van der Waals surface area contributed by atoms with E-state index in [1.165, 1.54) is 18.3 Å². The zero-order chi connectivity index (χ0) is 19.2. The number of hydrogen-bond acceptors (Lipinski definition) is 5. The summed E-state index contributed by atoms with van der Waals surface area (Å²) in [7, 11) is 0. The van der Waals surface area contributed by atoms with Gasteiger partial charge in [0.2, 0.25) is 0 Å². The molecule has 1 heterocycles. The number of nitrogens with one attached hydrogen (secondary N) is 1. The molecule has 0 atom stereocenters. The minimum atomic E-state index is -0.492. The van der Waals surface area contributed by atoms with Gasteiger partial charge in [0.1, 0.15) is 0 Å². The largest absolute Gasteiger partial charge is 0.291 e. The molecule has 1 N–H and O–H groups in total. The van der Waals surface area contributed by atoms with Crippen LogP contribution in [0.15, 0.2) is 70.4 Å². The number of carbonyl (C=O) groups is 1. The van der Waals surface area contributed by atoms with Crippen LogP contribution in [0.3, 0.4) is 0 Å². The maximum absolute atomic E-state index is 12.1. The molecular formula is C18H14BrN5O3. The molecule has 27 heavy (non-hydrogen) atoms. The summed E-state index contributed by atoms with van der Waals surface area (Å²) < 4.78 is 2.65. The lowest BCUT2D eigenvalue weighted by Gasteiger charge is -2.02. The number of non-ortho nitro benzene ring substituents is 1. The Balaban J connectivity index is 1.60. The Hall–Kier alpha value is -3.33. The highest BCUT2D eigenvalue weighted by atomic mass is 79.9. The second-order valence-corrected chi connectivity index (χ2v) is 6.49. The summed E-state index contributed by atoms with van der Waals surface area (Å²) in [4.78, 5) is 22.4. The third-order valence-electron chi connectivity index (χ3n) is 3.59.